The van der Waals surface area contributed by atoms with Crippen LogP contribution in [0.4, 0.5) is 9.18 Å². The van der Waals surface area contributed by atoms with Gasteiger partial charge in [-0.25, -0.2) is 9.18 Å². The minimum Gasteiger partial charge on any atom is -0.452 e. The van der Waals surface area contributed by atoms with E-state index >= 15 is 0 Å². The van der Waals surface area contributed by atoms with Crippen LogP contribution in [0.2, 0.25) is 0 Å². The van der Waals surface area contributed by atoms with E-state index in [0.717, 1.165) is 38.5 Å². The van der Waals surface area contributed by atoms with Gasteiger partial charge in [0.15, 0.2) is 6.10 Å². The van der Waals surface area contributed by atoms with Crippen molar-refractivity contribution in [3.8, 4) is 0 Å². The van der Waals surface area contributed by atoms with E-state index in [-0.39, 0.29) is 6.04 Å². The van der Waals surface area contributed by atoms with E-state index in [1.165, 1.54) is 13.0 Å². The Hall–Kier alpha value is -2.44. The molecule has 2 saturated carbocycles. The number of benzene rings is 1. The summed E-state index contributed by atoms with van der Waals surface area (Å²) < 4.78 is 19.8. The Labute approximate surface area is 164 Å². The summed E-state index contributed by atoms with van der Waals surface area (Å²) in [5.41, 5.74) is -0.768. The molecule has 2 fully saturated rings. The molecule has 1 atom stereocenters. The van der Waals surface area contributed by atoms with E-state index in [9.17, 15) is 18.8 Å². The lowest BCUT2D eigenvalue weighted by atomic mass is 9.78. The summed E-state index contributed by atoms with van der Waals surface area (Å²) in [5, 5.41) is 4.98. The van der Waals surface area contributed by atoms with Gasteiger partial charge in [0.1, 0.15) is 5.82 Å². The molecule has 7 heteroatoms. The number of hydrogen-bond acceptors (Lipinski definition) is 4. The highest BCUT2D eigenvalue weighted by Crippen LogP contribution is 2.43. The van der Waals surface area contributed by atoms with Crippen LogP contribution in [0.3, 0.4) is 0 Å². The van der Waals surface area contributed by atoms with Crippen LogP contribution in [-0.2, 0) is 19.7 Å². The average molecular weight is 390 g/mol. The van der Waals surface area contributed by atoms with Crippen LogP contribution in [0.25, 0.3) is 0 Å². The van der Waals surface area contributed by atoms with Gasteiger partial charge in [-0.05, 0) is 38.7 Å². The fourth-order valence-corrected chi connectivity index (χ4v) is 4.24. The summed E-state index contributed by atoms with van der Waals surface area (Å²) in [4.78, 5) is 37.1. The quantitative estimate of drug-likeness (QED) is 0.756. The molecule has 0 unspecified atom stereocenters. The summed E-state index contributed by atoms with van der Waals surface area (Å²) in [6.07, 6.45) is 5.30. The Morgan fingerprint density at radius 1 is 1.11 bits per heavy atom. The normalized spacial score (nSPS) is 19.8. The highest BCUT2D eigenvalue weighted by Gasteiger charge is 2.46. The number of esters is 1. The molecule has 0 spiro atoms. The number of urea groups is 1. The van der Waals surface area contributed by atoms with E-state index in [0.29, 0.717) is 18.4 Å². The van der Waals surface area contributed by atoms with Crippen LogP contribution in [0.1, 0.15) is 63.9 Å². The van der Waals surface area contributed by atoms with Crippen molar-refractivity contribution in [1.29, 1.82) is 0 Å². The van der Waals surface area contributed by atoms with Gasteiger partial charge in [-0.3, -0.25) is 14.9 Å². The van der Waals surface area contributed by atoms with Crippen LogP contribution in [0.5, 0.6) is 0 Å². The van der Waals surface area contributed by atoms with Gasteiger partial charge >= 0.3 is 12.0 Å². The summed E-state index contributed by atoms with van der Waals surface area (Å²) in [6.45, 7) is 1.42. The van der Waals surface area contributed by atoms with E-state index in [2.05, 4.69) is 10.6 Å². The monoisotopic (exact) mass is 390 g/mol. The lowest BCUT2D eigenvalue weighted by Crippen LogP contribution is -2.48. The average Bonchev–Trinajstić information content (AvgIpc) is 3.34. The second kappa shape index (κ2) is 8.71. The smallest absolute Gasteiger partial charge is 0.321 e. The fourth-order valence-electron chi connectivity index (χ4n) is 4.24. The largest absolute Gasteiger partial charge is 0.452 e. The predicted molar refractivity (Wildman–Crippen MR) is 101 cm³/mol. The van der Waals surface area contributed by atoms with Gasteiger partial charge in [-0.2, -0.15) is 0 Å². The second-order valence-electron chi connectivity index (χ2n) is 7.76. The van der Waals surface area contributed by atoms with Gasteiger partial charge < -0.3 is 10.1 Å². The van der Waals surface area contributed by atoms with Gasteiger partial charge in [-0.15, -0.1) is 0 Å². The SMILES string of the molecule is C[C@@H](OC(=O)C1(c2ccccc2F)CCCC1)C(=O)NC(=O)NC1CCCC1. The van der Waals surface area contributed by atoms with Crippen LogP contribution < -0.4 is 10.6 Å². The van der Waals surface area contributed by atoms with Crippen molar-refractivity contribution in [2.24, 2.45) is 0 Å². The first-order valence-corrected chi connectivity index (χ1v) is 10.00. The van der Waals surface area contributed by atoms with Gasteiger partial charge in [-0.1, -0.05) is 43.9 Å². The number of carbonyl (C=O) groups is 3. The fraction of sp³-hybridized carbons (Fsp3) is 0.571. The molecule has 2 aliphatic carbocycles. The standard InChI is InChI=1S/C21H27FN2O4/c1-14(18(25)24-20(27)23-15-8-2-3-9-15)28-19(26)21(12-6-7-13-21)16-10-4-5-11-17(16)22/h4-5,10-11,14-15H,2-3,6-9,12-13H2,1H3,(H2,23,24,25,27)/t14-/m1/s1. The van der Waals surface area contributed by atoms with E-state index in [4.69, 9.17) is 4.74 Å². The van der Waals surface area contributed by atoms with Crippen molar-refractivity contribution in [3.05, 3.63) is 35.6 Å². The Morgan fingerprint density at radius 2 is 1.75 bits per heavy atom. The molecule has 0 saturated heterocycles. The van der Waals surface area contributed by atoms with Crippen molar-refractivity contribution < 1.29 is 23.5 Å². The number of ether oxygens (including phenoxy) is 1. The Bertz CT molecular complexity index is 740. The number of rotatable bonds is 5. The maximum absolute atomic E-state index is 14.4. The molecule has 0 aromatic heterocycles. The summed E-state index contributed by atoms with van der Waals surface area (Å²) in [5.74, 6) is -1.76. The van der Waals surface area contributed by atoms with Gasteiger partial charge in [0, 0.05) is 11.6 Å². The van der Waals surface area contributed by atoms with Crippen molar-refractivity contribution in [2.75, 3.05) is 0 Å². The molecule has 1 aromatic rings. The molecule has 1 aromatic carbocycles. The lowest BCUT2D eigenvalue weighted by molar-refractivity contribution is -0.160. The van der Waals surface area contributed by atoms with Crippen LogP contribution in [0, 0.1) is 5.82 Å². The van der Waals surface area contributed by atoms with E-state index in [1.54, 1.807) is 18.2 Å². The molecule has 0 bridgehead atoms. The van der Waals surface area contributed by atoms with Crippen LogP contribution in [0.15, 0.2) is 24.3 Å². The van der Waals surface area contributed by atoms with Crippen LogP contribution in [-0.4, -0.2) is 30.1 Å². The van der Waals surface area contributed by atoms with Crippen molar-refractivity contribution in [2.45, 2.75) is 75.9 Å². The van der Waals surface area contributed by atoms with Gasteiger partial charge in [0.25, 0.3) is 5.91 Å². The number of hydrogen-bond donors (Lipinski definition) is 2. The minimum atomic E-state index is -1.15. The Kier molecular flexibility index (Phi) is 6.31. The van der Waals surface area contributed by atoms with E-state index in [1.807, 2.05) is 0 Å². The van der Waals surface area contributed by atoms with Gasteiger partial charge in [0.05, 0.1) is 5.41 Å². The molecule has 2 N–H and O–H groups in total. The minimum absolute atomic E-state index is 0.0773. The highest BCUT2D eigenvalue weighted by molar-refractivity contribution is 5.97. The van der Waals surface area contributed by atoms with Crippen LogP contribution >= 0.6 is 0 Å². The summed E-state index contributed by atoms with van der Waals surface area (Å²) in [7, 11) is 0. The molecule has 6 nitrogen and oxygen atoms in total. The zero-order valence-electron chi connectivity index (χ0n) is 16.1. The molecule has 0 heterocycles. The van der Waals surface area contributed by atoms with E-state index < -0.39 is 35.2 Å². The number of carbonyl (C=O) groups excluding carboxylic acids is 3. The molecule has 28 heavy (non-hydrogen) atoms. The first-order valence-electron chi connectivity index (χ1n) is 10.00. The number of nitrogens with one attached hydrogen (secondary N) is 2. The molecule has 2 aliphatic rings. The second-order valence-corrected chi connectivity index (χ2v) is 7.76. The first-order chi connectivity index (χ1) is 13.4. The molecule has 152 valence electrons. The van der Waals surface area contributed by atoms with Crippen molar-refractivity contribution >= 4 is 17.9 Å². The molecule has 0 radical (unpaired) electrons. The maximum Gasteiger partial charge on any atom is 0.321 e. The molecular formula is C21H27FN2O4. The zero-order valence-corrected chi connectivity index (χ0v) is 16.1. The van der Waals surface area contributed by atoms with Gasteiger partial charge in [0.2, 0.25) is 0 Å². The molecule has 3 rings (SSSR count). The third-order valence-corrected chi connectivity index (χ3v) is 5.82. The molecule has 0 aliphatic heterocycles. The topological polar surface area (TPSA) is 84.5 Å². The Balaban J connectivity index is 1.62. The highest BCUT2D eigenvalue weighted by atomic mass is 19.1. The first kappa shape index (κ1) is 20.3. The summed E-state index contributed by atoms with van der Waals surface area (Å²) in [6, 6.07) is 5.69. The lowest BCUT2D eigenvalue weighted by Gasteiger charge is -2.29. The Morgan fingerprint density at radius 3 is 2.39 bits per heavy atom. The molecular weight excluding hydrogens is 363 g/mol. The number of halogens is 1. The number of imide groups is 1. The third-order valence-electron chi connectivity index (χ3n) is 5.82. The maximum atomic E-state index is 14.4. The number of amides is 3. The molecule has 3 amide bonds. The zero-order chi connectivity index (χ0) is 20.1. The summed E-state index contributed by atoms with van der Waals surface area (Å²) >= 11 is 0. The predicted octanol–water partition coefficient (Wildman–Crippen LogP) is 3.34. The van der Waals surface area contributed by atoms with Crippen molar-refractivity contribution in [1.82, 2.24) is 10.6 Å². The van der Waals surface area contributed by atoms with Crippen molar-refractivity contribution in [3.63, 3.8) is 0 Å². The third kappa shape index (κ3) is 4.34.